The predicted octanol–water partition coefficient (Wildman–Crippen LogP) is 3.28. The van der Waals surface area contributed by atoms with Crippen molar-refractivity contribution >= 4 is 11.6 Å². The first-order valence-electron chi connectivity index (χ1n) is 7.73. The summed E-state index contributed by atoms with van der Waals surface area (Å²) in [5, 5.41) is 6.51. The van der Waals surface area contributed by atoms with Crippen molar-refractivity contribution in [2.75, 3.05) is 17.2 Å². The SMILES string of the molecule is Fc1ccc(CCNc2cc(NCc3ccncc3)ncn2)cc1. The van der Waals surface area contributed by atoms with Gasteiger partial charge in [-0.15, -0.1) is 0 Å². The van der Waals surface area contributed by atoms with Gasteiger partial charge < -0.3 is 10.6 Å². The summed E-state index contributed by atoms with van der Waals surface area (Å²) in [6.07, 6.45) is 5.85. The highest BCUT2D eigenvalue weighted by atomic mass is 19.1. The minimum Gasteiger partial charge on any atom is -0.370 e. The summed E-state index contributed by atoms with van der Waals surface area (Å²) in [5.41, 5.74) is 2.21. The van der Waals surface area contributed by atoms with Crippen molar-refractivity contribution in [3.63, 3.8) is 0 Å². The van der Waals surface area contributed by atoms with Gasteiger partial charge in [0.1, 0.15) is 23.8 Å². The Kier molecular flexibility index (Phi) is 5.29. The molecule has 0 spiro atoms. The Morgan fingerprint density at radius 3 is 2.29 bits per heavy atom. The predicted molar refractivity (Wildman–Crippen MR) is 92.2 cm³/mol. The average molecular weight is 323 g/mol. The van der Waals surface area contributed by atoms with E-state index < -0.39 is 0 Å². The number of hydrogen-bond donors (Lipinski definition) is 2. The van der Waals surface area contributed by atoms with Crippen LogP contribution in [-0.4, -0.2) is 21.5 Å². The van der Waals surface area contributed by atoms with Crippen molar-refractivity contribution in [1.82, 2.24) is 15.0 Å². The Hall–Kier alpha value is -3.02. The summed E-state index contributed by atoms with van der Waals surface area (Å²) < 4.78 is 12.9. The molecule has 2 N–H and O–H groups in total. The molecule has 0 fully saturated rings. The molecule has 0 unspecified atom stereocenters. The van der Waals surface area contributed by atoms with Gasteiger partial charge in [0, 0.05) is 31.5 Å². The van der Waals surface area contributed by atoms with Crippen molar-refractivity contribution in [1.29, 1.82) is 0 Å². The molecule has 0 radical (unpaired) electrons. The number of nitrogens with zero attached hydrogens (tertiary/aromatic N) is 3. The molecule has 2 heterocycles. The van der Waals surface area contributed by atoms with E-state index in [-0.39, 0.29) is 5.82 Å². The highest BCUT2D eigenvalue weighted by Crippen LogP contribution is 2.11. The second-order valence-corrected chi connectivity index (χ2v) is 5.30. The lowest BCUT2D eigenvalue weighted by atomic mass is 10.1. The molecule has 0 saturated heterocycles. The lowest BCUT2D eigenvalue weighted by Gasteiger charge is -2.09. The third-order valence-electron chi connectivity index (χ3n) is 3.52. The van der Waals surface area contributed by atoms with Gasteiger partial charge in [-0.2, -0.15) is 0 Å². The fourth-order valence-corrected chi connectivity index (χ4v) is 2.23. The van der Waals surface area contributed by atoms with Crippen molar-refractivity contribution in [3.8, 4) is 0 Å². The molecule has 122 valence electrons. The van der Waals surface area contributed by atoms with E-state index in [9.17, 15) is 4.39 Å². The highest BCUT2D eigenvalue weighted by Gasteiger charge is 2.00. The fourth-order valence-electron chi connectivity index (χ4n) is 2.23. The van der Waals surface area contributed by atoms with Crippen molar-refractivity contribution in [2.45, 2.75) is 13.0 Å². The van der Waals surface area contributed by atoms with Crippen LogP contribution in [0.4, 0.5) is 16.0 Å². The number of rotatable bonds is 7. The molecule has 0 atom stereocenters. The van der Waals surface area contributed by atoms with Gasteiger partial charge in [-0.3, -0.25) is 4.98 Å². The molecule has 24 heavy (non-hydrogen) atoms. The Bertz CT molecular complexity index is 762. The van der Waals surface area contributed by atoms with Gasteiger partial charge in [0.25, 0.3) is 0 Å². The van der Waals surface area contributed by atoms with Crippen molar-refractivity contribution in [2.24, 2.45) is 0 Å². The molecule has 3 rings (SSSR count). The number of benzene rings is 1. The lowest BCUT2D eigenvalue weighted by molar-refractivity contribution is 0.627. The summed E-state index contributed by atoms with van der Waals surface area (Å²) >= 11 is 0. The largest absolute Gasteiger partial charge is 0.370 e. The first-order valence-corrected chi connectivity index (χ1v) is 7.73. The number of hydrogen-bond acceptors (Lipinski definition) is 5. The summed E-state index contributed by atoms with van der Waals surface area (Å²) in [6.45, 7) is 1.39. The molecule has 0 amide bonds. The third kappa shape index (κ3) is 4.74. The maximum atomic E-state index is 12.9. The van der Waals surface area contributed by atoms with Gasteiger partial charge in [0.15, 0.2) is 0 Å². The molecule has 5 nitrogen and oxygen atoms in total. The van der Waals surface area contributed by atoms with Gasteiger partial charge in [-0.05, 0) is 41.8 Å². The third-order valence-corrected chi connectivity index (χ3v) is 3.52. The second-order valence-electron chi connectivity index (χ2n) is 5.30. The Labute approximate surface area is 140 Å². The van der Waals surface area contributed by atoms with Crippen LogP contribution >= 0.6 is 0 Å². The summed E-state index contributed by atoms with van der Waals surface area (Å²) in [6, 6.07) is 12.3. The van der Waals surface area contributed by atoms with Crippen LogP contribution in [0.25, 0.3) is 0 Å². The minimum atomic E-state index is -0.215. The number of nitrogens with one attached hydrogen (secondary N) is 2. The Morgan fingerprint density at radius 2 is 1.54 bits per heavy atom. The first kappa shape index (κ1) is 15.9. The smallest absolute Gasteiger partial charge is 0.131 e. The zero-order valence-electron chi connectivity index (χ0n) is 13.1. The van der Waals surface area contributed by atoms with Crippen LogP contribution in [0.1, 0.15) is 11.1 Å². The van der Waals surface area contributed by atoms with Gasteiger partial charge in [0.05, 0.1) is 0 Å². The van der Waals surface area contributed by atoms with Crippen molar-refractivity contribution < 1.29 is 4.39 Å². The molecule has 6 heteroatoms. The number of anilines is 2. The van der Waals surface area contributed by atoms with Gasteiger partial charge in [-0.25, -0.2) is 14.4 Å². The molecular weight excluding hydrogens is 305 g/mol. The van der Waals surface area contributed by atoms with E-state index in [0.29, 0.717) is 13.1 Å². The highest BCUT2D eigenvalue weighted by molar-refractivity contribution is 5.46. The van der Waals surface area contributed by atoms with Crippen LogP contribution in [0.15, 0.2) is 61.2 Å². The van der Waals surface area contributed by atoms with E-state index in [1.54, 1.807) is 24.5 Å². The number of aromatic nitrogens is 3. The Morgan fingerprint density at radius 1 is 0.833 bits per heavy atom. The van der Waals surface area contributed by atoms with Crippen LogP contribution in [0.3, 0.4) is 0 Å². The fraction of sp³-hybridized carbons (Fsp3) is 0.167. The standard InChI is InChI=1S/C18H18FN5/c19-16-3-1-14(2-4-16)7-10-21-17-11-18(24-13-23-17)22-12-15-5-8-20-9-6-15/h1-6,8-9,11,13H,7,10,12H2,(H2,21,22,23,24). The first-order chi connectivity index (χ1) is 11.8. The molecule has 1 aromatic carbocycles. The van der Waals surface area contributed by atoms with Crippen LogP contribution < -0.4 is 10.6 Å². The molecule has 0 bridgehead atoms. The van der Waals surface area contributed by atoms with E-state index in [1.165, 1.54) is 18.5 Å². The minimum absolute atomic E-state index is 0.215. The van der Waals surface area contributed by atoms with E-state index in [1.807, 2.05) is 18.2 Å². The normalized spacial score (nSPS) is 10.4. The molecule has 0 aliphatic carbocycles. The lowest BCUT2D eigenvalue weighted by Crippen LogP contribution is -2.08. The molecule has 0 saturated carbocycles. The Balaban J connectivity index is 1.50. The molecular formula is C18H18FN5. The van der Waals surface area contributed by atoms with Crippen LogP contribution in [0, 0.1) is 5.82 Å². The zero-order valence-corrected chi connectivity index (χ0v) is 13.1. The van der Waals surface area contributed by atoms with Crippen LogP contribution in [-0.2, 0) is 13.0 Å². The number of halogens is 1. The maximum absolute atomic E-state index is 12.9. The van der Waals surface area contributed by atoms with E-state index in [4.69, 9.17) is 0 Å². The van der Waals surface area contributed by atoms with E-state index >= 15 is 0 Å². The molecule has 0 aliphatic heterocycles. The molecule has 2 aromatic heterocycles. The monoisotopic (exact) mass is 323 g/mol. The van der Waals surface area contributed by atoms with Crippen LogP contribution in [0.5, 0.6) is 0 Å². The summed E-state index contributed by atoms with van der Waals surface area (Å²) in [4.78, 5) is 12.4. The van der Waals surface area contributed by atoms with Crippen molar-refractivity contribution in [3.05, 3.63) is 78.1 Å². The van der Waals surface area contributed by atoms with Crippen LogP contribution in [0.2, 0.25) is 0 Å². The number of pyridine rings is 1. The molecule has 0 aliphatic rings. The molecule has 3 aromatic rings. The van der Waals surface area contributed by atoms with E-state index in [0.717, 1.165) is 29.2 Å². The second kappa shape index (κ2) is 8.01. The van der Waals surface area contributed by atoms with Gasteiger partial charge in [0.2, 0.25) is 0 Å². The zero-order chi connectivity index (χ0) is 16.6. The quantitative estimate of drug-likeness (QED) is 0.699. The van der Waals surface area contributed by atoms with E-state index in [2.05, 4.69) is 25.6 Å². The topological polar surface area (TPSA) is 62.7 Å². The summed E-state index contributed by atoms with van der Waals surface area (Å²) in [7, 11) is 0. The van der Waals surface area contributed by atoms with Gasteiger partial charge in [-0.1, -0.05) is 12.1 Å². The summed E-state index contributed by atoms with van der Waals surface area (Å²) in [5.74, 6) is 1.29. The average Bonchev–Trinajstić information content (AvgIpc) is 2.63. The van der Waals surface area contributed by atoms with Gasteiger partial charge >= 0.3 is 0 Å². The maximum Gasteiger partial charge on any atom is 0.131 e.